The lowest BCUT2D eigenvalue weighted by molar-refractivity contribution is 1.45. The summed E-state index contributed by atoms with van der Waals surface area (Å²) >= 11 is 0. The van der Waals surface area contributed by atoms with Crippen LogP contribution in [0.3, 0.4) is 0 Å². The molecule has 0 saturated heterocycles. The summed E-state index contributed by atoms with van der Waals surface area (Å²) in [6, 6.07) is 183. The highest BCUT2D eigenvalue weighted by atomic mass is 14.2. The van der Waals surface area contributed by atoms with Gasteiger partial charge in [-0.05, 0) is 261 Å². The van der Waals surface area contributed by atoms with Crippen molar-refractivity contribution in [1.82, 2.24) is 0 Å². The SMILES string of the molecule is Cc1ccc(-c2ccccc2-c2ccccc2)c(-c2ccccc2)c1.Cc1cccc(-c2cc(-c3ccccc3)cc(-c3ccccc3)c2)c1.Cc1cccc(-c2ccccc2-c2ccccc2)c1-c1ccccc1.Cc1ccccc1-c1cc(-c2ccccc2)cc(-c2ccccc2)c1.Cc1ccccc1-c1cccc(-c2ccccc2-c2ccccc2)c1. The van der Waals surface area contributed by atoms with Gasteiger partial charge in [-0.25, -0.2) is 0 Å². The first-order valence-corrected chi connectivity index (χ1v) is 43.2. The Labute approximate surface area is 739 Å². The van der Waals surface area contributed by atoms with E-state index in [0.29, 0.717) is 0 Å². The highest BCUT2D eigenvalue weighted by Crippen LogP contribution is 2.44. The van der Waals surface area contributed by atoms with Gasteiger partial charge in [0.15, 0.2) is 0 Å². The van der Waals surface area contributed by atoms with E-state index in [9.17, 15) is 0 Å². The van der Waals surface area contributed by atoms with Gasteiger partial charge in [0.05, 0.1) is 0 Å². The molecule has 0 heteroatoms. The molecule has 0 aliphatic rings. The lowest BCUT2D eigenvalue weighted by Gasteiger charge is -2.16. The molecular formula is C125H100. The van der Waals surface area contributed by atoms with Gasteiger partial charge in [-0.3, -0.25) is 0 Å². The van der Waals surface area contributed by atoms with Crippen LogP contribution in [0.1, 0.15) is 27.8 Å². The van der Waals surface area contributed by atoms with Gasteiger partial charge in [0.2, 0.25) is 0 Å². The van der Waals surface area contributed by atoms with E-state index in [1.54, 1.807) is 0 Å². The quantitative estimate of drug-likeness (QED) is 0.0960. The normalized spacial score (nSPS) is 10.6. The largest absolute Gasteiger partial charge is 0.0622 e. The van der Waals surface area contributed by atoms with Crippen LogP contribution in [-0.4, -0.2) is 0 Å². The molecule has 0 fully saturated rings. The Bertz CT molecular complexity index is 6760. The predicted octanol–water partition coefficient (Wildman–Crippen LogP) is 35.0. The van der Waals surface area contributed by atoms with Crippen LogP contribution in [0.25, 0.3) is 167 Å². The van der Waals surface area contributed by atoms with Crippen molar-refractivity contribution < 1.29 is 0 Å². The van der Waals surface area contributed by atoms with E-state index in [2.05, 4.69) is 550 Å². The van der Waals surface area contributed by atoms with E-state index in [-0.39, 0.29) is 0 Å². The summed E-state index contributed by atoms with van der Waals surface area (Å²) in [5, 5.41) is 0. The van der Waals surface area contributed by atoms with Crippen LogP contribution < -0.4 is 0 Å². The molecule has 0 bridgehead atoms. The van der Waals surface area contributed by atoms with Crippen molar-refractivity contribution in [1.29, 1.82) is 0 Å². The van der Waals surface area contributed by atoms with Crippen molar-refractivity contribution in [2.45, 2.75) is 34.6 Å². The molecule has 125 heavy (non-hydrogen) atoms. The van der Waals surface area contributed by atoms with Gasteiger partial charge < -0.3 is 0 Å². The molecule has 0 amide bonds. The summed E-state index contributed by atoms with van der Waals surface area (Å²) in [4.78, 5) is 0. The summed E-state index contributed by atoms with van der Waals surface area (Å²) in [6.45, 7) is 10.8. The molecule has 0 spiro atoms. The number of rotatable bonds is 15. The van der Waals surface area contributed by atoms with Crippen LogP contribution in [0.2, 0.25) is 0 Å². The van der Waals surface area contributed by atoms with Crippen molar-refractivity contribution in [2.75, 3.05) is 0 Å². The Morgan fingerprint density at radius 1 is 0.0960 bits per heavy atom. The van der Waals surface area contributed by atoms with Crippen molar-refractivity contribution in [3.05, 3.63) is 543 Å². The Hall–Kier alpha value is -15.6. The highest BCUT2D eigenvalue weighted by Gasteiger charge is 2.18. The molecule has 0 aromatic heterocycles. The molecule has 600 valence electrons. The average Bonchev–Trinajstić information content (AvgIpc) is 0.792. The average molecular weight is 1600 g/mol. The van der Waals surface area contributed by atoms with Gasteiger partial charge in [-0.15, -0.1) is 0 Å². The van der Waals surface area contributed by atoms with Gasteiger partial charge in [-0.1, -0.05) is 484 Å². The first kappa shape index (κ1) is 83.1. The first-order valence-electron chi connectivity index (χ1n) is 43.2. The minimum absolute atomic E-state index is 1.24. The molecule has 0 heterocycles. The van der Waals surface area contributed by atoms with Gasteiger partial charge in [0.25, 0.3) is 0 Å². The Morgan fingerprint density at radius 2 is 0.320 bits per heavy atom. The maximum Gasteiger partial charge on any atom is -0.00759 e. The smallest absolute Gasteiger partial charge is 0.00759 e. The van der Waals surface area contributed by atoms with Crippen LogP contribution in [0.5, 0.6) is 0 Å². The van der Waals surface area contributed by atoms with Crippen LogP contribution in [0, 0.1) is 34.6 Å². The topological polar surface area (TPSA) is 0 Å². The van der Waals surface area contributed by atoms with E-state index in [1.165, 1.54) is 195 Å². The maximum absolute atomic E-state index is 2.30. The molecule has 20 aromatic carbocycles. The van der Waals surface area contributed by atoms with Gasteiger partial charge in [0.1, 0.15) is 0 Å². The van der Waals surface area contributed by atoms with E-state index < -0.39 is 0 Å². The molecule has 0 atom stereocenters. The molecule has 20 aromatic rings. The Kier molecular flexibility index (Phi) is 27.3. The van der Waals surface area contributed by atoms with Crippen molar-refractivity contribution in [3.63, 3.8) is 0 Å². The molecule has 20 rings (SSSR count). The van der Waals surface area contributed by atoms with Crippen LogP contribution >= 0.6 is 0 Å². The van der Waals surface area contributed by atoms with E-state index in [0.717, 1.165) is 0 Å². The number of hydrogen-bond donors (Lipinski definition) is 0. The van der Waals surface area contributed by atoms with Crippen molar-refractivity contribution in [3.8, 4) is 167 Å². The number of benzene rings is 20. The van der Waals surface area contributed by atoms with Gasteiger partial charge in [-0.2, -0.15) is 0 Å². The second kappa shape index (κ2) is 41.1. The fourth-order valence-electron chi connectivity index (χ4n) is 16.6. The summed E-state index contributed by atoms with van der Waals surface area (Å²) in [6.07, 6.45) is 0. The second-order valence-corrected chi connectivity index (χ2v) is 31.7. The highest BCUT2D eigenvalue weighted by molar-refractivity contribution is 5.95. The maximum atomic E-state index is 2.30. The zero-order chi connectivity index (χ0) is 85.3. The lowest BCUT2D eigenvalue weighted by atomic mass is 9.87. The second-order valence-electron chi connectivity index (χ2n) is 31.7. The molecule has 0 saturated carbocycles. The minimum atomic E-state index is 1.24. The number of hydrogen-bond acceptors (Lipinski definition) is 0. The van der Waals surface area contributed by atoms with E-state index >= 15 is 0 Å². The third kappa shape index (κ3) is 20.9. The first-order chi connectivity index (χ1) is 61.6. The fourth-order valence-corrected chi connectivity index (χ4v) is 16.6. The molecule has 0 nitrogen and oxygen atoms in total. The fraction of sp³-hybridized carbons (Fsp3) is 0.0400. The molecule has 0 radical (unpaired) electrons. The monoisotopic (exact) mass is 1600 g/mol. The summed E-state index contributed by atoms with van der Waals surface area (Å²) < 4.78 is 0. The summed E-state index contributed by atoms with van der Waals surface area (Å²) in [7, 11) is 0. The molecule has 0 aliphatic heterocycles. The zero-order valence-electron chi connectivity index (χ0n) is 71.6. The van der Waals surface area contributed by atoms with E-state index in [4.69, 9.17) is 0 Å². The Balaban J connectivity index is 0.000000115. The third-order valence-electron chi connectivity index (χ3n) is 22.9. The zero-order valence-corrected chi connectivity index (χ0v) is 71.6. The van der Waals surface area contributed by atoms with E-state index in [1.807, 2.05) is 0 Å². The summed E-state index contributed by atoms with van der Waals surface area (Å²) in [5.74, 6) is 0. The standard InChI is InChI=1S/5C25H20/c1-19-11-10-18-24(25(19)21-14-6-3-7-15-21)23-17-9-8-16-22(23)20-12-4-2-5-13-20;1-19-10-8-9-15-25(19)24-17-22(20-11-4-2-5-12-20)16-23(18-24)21-13-6-3-7-14-21;1-19-9-8-14-22(15-19)25-17-23(20-10-4-2-5-11-20)16-24(18-25)21-12-6-3-7-13-21;1-19-16-17-24(25(18-19)21-12-6-3-7-13-21)23-15-9-8-14-22(23)20-10-4-2-5-11-20;1-19-10-5-6-15-23(19)21-13-9-14-22(18-21)25-17-8-7-16-24(25)20-11-3-2-4-12-20/h5*2-18H,1H3. The van der Waals surface area contributed by atoms with Crippen LogP contribution in [0.15, 0.2) is 516 Å². The Morgan fingerprint density at radius 3 is 0.712 bits per heavy atom. The molecular weight excluding hydrogens is 1500 g/mol. The molecule has 0 aliphatic carbocycles. The summed E-state index contributed by atoms with van der Waals surface area (Å²) in [5.41, 5.74) is 44.3. The van der Waals surface area contributed by atoms with Crippen LogP contribution in [-0.2, 0) is 0 Å². The van der Waals surface area contributed by atoms with Crippen molar-refractivity contribution in [2.24, 2.45) is 0 Å². The molecule has 0 N–H and O–H groups in total. The van der Waals surface area contributed by atoms with Crippen molar-refractivity contribution >= 4 is 0 Å². The van der Waals surface area contributed by atoms with Gasteiger partial charge in [0, 0.05) is 0 Å². The number of aryl methyl sites for hydroxylation is 5. The third-order valence-corrected chi connectivity index (χ3v) is 22.9. The predicted molar refractivity (Wildman–Crippen MR) is 537 cm³/mol. The van der Waals surface area contributed by atoms with Gasteiger partial charge >= 0.3 is 0 Å². The van der Waals surface area contributed by atoms with Crippen LogP contribution in [0.4, 0.5) is 0 Å². The lowest BCUT2D eigenvalue weighted by Crippen LogP contribution is -1.91. The molecule has 0 unspecified atom stereocenters. The minimum Gasteiger partial charge on any atom is -0.0622 e.